The molecule has 0 aromatic heterocycles. The molecule has 1 aliphatic heterocycles. The highest BCUT2D eigenvalue weighted by Gasteiger charge is 2.31. The van der Waals surface area contributed by atoms with Crippen LogP contribution < -0.4 is 0 Å². The molecule has 1 aliphatic rings. The fourth-order valence-corrected chi connectivity index (χ4v) is 4.01. The first-order chi connectivity index (χ1) is 12.4. The summed E-state index contributed by atoms with van der Waals surface area (Å²) in [7, 11) is -1.71. The molecule has 1 aromatic carbocycles. The SMILES string of the molecule is CC(CC(=O)N1CCC(N(C)S(C)(=O)=O)CC1)c1ccc(C(F)(F)F)cc1. The van der Waals surface area contributed by atoms with Crippen LogP contribution in [0.5, 0.6) is 0 Å². The van der Waals surface area contributed by atoms with Crippen LogP contribution in [0.2, 0.25) is 0 Å². The van der Waals surface area contributed by atoms with E-state index in [-0.39, 0.29) is 24.3 Å². The Labute approximate surface area is 158 Å². The van der Waals surface area contributed by atoms with Crippen molar-refractivity contribution >= 4 is 15.9 Å². The quantitative estimate of drug-likeness (QED) is 0.755. The molecule has 0 N–H and O–H groups in total. The van der Waals surface area contributed by atoms with Crippen molar-refractivity contribution in [3.63, 3.8) is 0 Å². The second-order valence-electron chi connectivity index (χ2n) is 7.12. The molecule has 9 heteroatoms. The molecule has 0 bridgehead atoms. The van der Waals surface area contributed by atoms with Gasteiger partial charge in [-0.15, -0.1) is 0 Å². The number of hydrogen-bond donors (Lipinski definition) is 0. The molecule has 27 heavy (non-hydrogen) atoms. The van der Waals surface area contributed by atoms with Gasteiger partial charge in [-0.25, -0.2) is 12.7 Å². The maximum Gasteiger partial charge on any atom is 0.416 e. The Balaban J connectivity index is 1.90. The lowest BCUT2D eigenvalue weighted by atomic mass is 9.95. The van der Waals surface area contributed by atoms with Gasteiger partial charge in [-0.2, -0.15) is 13.2 Å². The molecule has 0 radical (unpaired) electrons. The number of halogens is 3. The molecule has 1 fully saturated rings. The highest BCUT2D eigenvalue weighted by molar-refractivity contribution is 7.88. The summed E-state index contributed by atoms with van der Waals surface area (Å²) in [5, 5.41) is 0. The van der Waals surface area contributed by atoms with Crippen LogP contribution in [0, 0.1) is 0 Å². The van der Waals surface area contributed by atoms with E-state index in [2.05, 4.69) is 0 Å². The van der Waals surface area contributed by atoms with Gasteiger partial charge in [-0.3, -0.25) is 4.79 Å². The highest BCUT2D eigenvalue weighted by atomic mass is 32.2. The topological polar surface area (TPSA) is 57.7 Å². The van der Waals surface area contributed by atoms with Crippen molar-refractivity contribution in [1.29, 1.82) is 0 Å². The maximum absolute atomic E-state index is 12.6. The molecule has 2 rings (SSSR count). The highest BCUT2D eigenvalue weighted by Crippen LogP contribution is 2.31. The van der Waals surface area contributed by atoms with Gasteiger partial charge >= 0.3 is 6.18 Å². The largest absolute Gasteiger partial charge is 0.416 e. The standard InChI is InChI=1S/C18H25F3N2O3S/c1-13(14-4-6-15(7-5-14)18(19,20)21)12-17(24)23-10-8-16(9-11-23)22(2)27(3,25)26/h4-7,13,16H,8-12H2,1-3H3. The summed E-state index contributed by atoms with van der Waals surface area (Å²) in [6, 6.07) is 4.77. The molecule has 0 aliphatic carbocycles. The van der Waals surface area contributed by atoms with Gasteiger partial charge in [-0.1, -0.05) is 19.1 Å². The average Bonchev–Trinajstić information content (AvgIpc) is 2.59. The van der Waals surface area contributed by atoms with Gasteiger partial charge in [0.25, 0.3) is 0 Å². The number of hydrogen-bond acceptors (Lipinski definition) is 3. The third kappa shape index (κ3) is 5.68. The second-order valence-corrected chi connectivity index (χ2v) is 9.16. The zero-order valence-electron chi connectivity index (χ0n) is 15.7. The zero-order valence-corrected chi connectivity index (χ0v) is 16.5. The molecule has 5 nitrogen and oxygen atoms in total. The molecule has 1 aromatic rings. The van der Waals surface area contributed by atoms with Crippen LogP contribution in [0.15, 0.2) is 24.3 Å². The Bertz CT molecular complexity index is 755. The van der Waals surface area contributed by atoms with Crippen LogP contribution in [0.4, 0.5) is 13.2 Å². The molecule has 1 amide bonds. The molecule has 152 valence electrons. The molecule has 1 unspecified atom stereocenters. The molecular weight excluding hydrogens is 381 g/mol. The molecular formula is C18H25F3N2O3S. The van der Waals surface area contributed by atoms with Crippen LogP contribution in [0.3, 0.4) is 0 Å². The van der Waals surface area contributed by atoms with Crippen LogP contribution >= 0.6 is 0 Å². The number of carbonyl (C=O) groups is 1. The van der Waals surface area contributed by atoms with Crippen molar-refractivity contribution in [2.75, 3.05) is 26.4 Å². The first kappa shape index (κ1) is 21.7. The number of sulfonamides is 1. The number of alkyl halides is 3. The van der Waals surface area contributed by atoms with Gasteiger partial charge in [0, 0.05) is 32.6 Å². The number of piperidine rings is 1. The van der Waals surface area contributed by atoms with Crippen molar-refractivity contribution in [3.8, 4) is 0 Å². The van der Waals surface area contributed by atoms with Gasteiger partial charge in [0.1, 0.15) is 0 Å². The van der Waals surface area contributed by atoms with E-state index in [0.29, 0.717) is 31.5 Å². The number of benzene rings is 1. The summed E-state index contributed by atoms with van der Waals surface area (Å²) in [6.07, 6.45) is -1.86. The van der Waals surface area contributed by atoms with Crippen molar-refractivity contribution in [2.24, 2.45) is 0 Å². The van der Waals surface area contributed by atoms with Crippen LogP contribution in [0.25, 0.3) is 0 Å². The first-order valence-electron chi connectivity index (χ1n) is 8.77. The van der Waals surface area contributed by atoms with E-state index in [1.54, 1.807) is 11.9 Å². The minimum Gasteiger partial charge on any atom is -0.343 e. The fraction of sp³-hybridized carbons (Fsp3) is 0.611. The van der Waals surface area contributed by atoms with Crippen molar-refractivity contribution in [1.82, 2.24) is 9.21 Å². The van der Waals surface area contributed by atoms with Gasteiger partial charge < -0.3 is 4.90 Å². The third-order valence-electron chi connectivity index (χ3n) is 5.14. The van der Waals surface area contributed by atoms with Gasteiger partial charge in [0.15, 0.2) is 0 Å². The number of carbonyl (C=O) groups excluding carboxylic acids is 1. The summed E-state index contributed by atoms with van der Waals surface area (Å²) in [5.41, 5.74) is -0.0232. The third-order valence-corrected chi connectivity index (χ3v) is 6.49. The Morgan fingerprint density at radius 3 is 2.19 bits per heavy atom. The molecule has 0 saturated carbocycles. The fourth-order valence-electron chi connectivity index (χ4n) is 3.26. The molecule has 1 atom stereocenters. The Morgan fingerprint density at radius 1 is 1.22 bits per heavy atom. The normalized spacial score (nSPS) is 18.0. The Hall–Kier alpha value is -1.61. The van der Waals surface area contributed by atoms with E-state index in [9.17, 15) is 26.4 Å². The van der Waals surface area contributed by atoms with E-state index in [1.807, 2.05) is 6.92 Å². The van der Waals surface area contributed by atoms with Crippen molar-refractivity contribution in [3.05, 3.63) is 35.4 Å². The van der Waals surface area contributed by atoms with Crippen LogP contribution in [-0.2, 0) is 21.0 Å². The lowest BCUT2D eigenvalue weighted by Gasteiger charge is -2.36. The predicted molar refractivity (Wildman–Crippen MR) is 96.7 cm³/mol. The first-order valence-corrected chi connectivity index (χ1v) is 10.6. The second kappa shape index (κ2) is 8.18. The lowest BCUT2D eigenvalue weighted by Crippen LogP contribution is -2.47. The van der Waals surface area contributed by atoms with Gasteiger partial charge in [-0.05, 0) is 36.5 Å². The average molecular weight is 406 g/mol. The van der Waals surface area contributed by atoms with E-state index >= 15 is 0 Å². The summed E-state index contributed by atoms with van der Waals surface area (Å²) < 4.78 is 62.5. The number of likely N-dealkylation sites (tertiary alicyclic amines) is 1. The molecule has 1 saturated heterocycles. The zero-order chi connectivity index (χ0) is 20.4. The summed E-state index contributed by atoms with van der Waals surface area (Å²) in [4.78, 5) is 14.2. The monoisotopic (exact) mass is 406 g/mol. The molecule has 0 spiro atoms. The Morgan fingerprint density at radius 2 is 1.74 bits per heavy atom. The smallest absolute Gasteiger partial charge is 0.343 e. The Kier molecular flexibility index (Phi) is 6.57. The summed E-state index contributed by atoms with van der Waals surface area (Å²) in [5.74, 6) is -0.265. The number of rotatable bonds is 5. The van der Waals surface area contributed by atoms with E-state index in [0.717, 1.165) is 18.4 Å². The van der Waals surface area contributed by atoms with Crippen molar-refractivity contribution < 1.29 is 26.4 Å². The van der Waals surface area contributed by atoms with Crippen LogP contribution in [-0.4, -0.2) is 56.0 Å². The maximum atomic E-state index is 12.6. The number of nitrogens with zero attached hydrogens (tertiary/aromatic N) is 2. The lowest BCUT2D eigenvalue weighted by molar-refractivity contribution is -0.137. The summed E-state index contributed by atoms with van der Waals surface area (Å²) >= 11 is 0. The molecule has 1 heterocycles. The summed E-state index contributed by atoms with van der Waals surface area (Å²) in [6.45, 7) is 2.76. The minimum absolute atomic E-state index is 0.0668. The number of amides is 1. The van der Waals surface area contributed by atoms with E-state index < -0.39 is 21.8 Å². The van der Waals surface area contributed by atoms with E-state index in [4.69, 9.17) is 0 Å². The van der Waals surface area contributed by atoms with Crippen LogP contribution in [0.1, 0.15) is 43.2 Å². The predicted octanol–water partition coefficient (Wildman–Crippen LogP) is 3.08. The minimum atomic E-state index is -4.37. The van der Waals surface area contributed by atoms with Crippen molar-refractivity contribution in [2.45, 2.75) is 44.3 Å². The van der Waals surface area contributed by atoms with Gasteiger partial charge in [0.2, 0.25) is 15.9 Å². The van der Waals surface area contributed by atoms with E-state index in [1.165, 1.54) is 16.4 Å². The van der Waals surface area contributed by atoms with Gasteiger partial charge in [0.05, 0.1) is 11.8 Å².